The molecule has 0 saturated heterocycles. The zero-order valence-corrected chi connectivity index (χ0v) is 10.0. The van der Waals surface area contributed by atoms with Crippen LogP contribution in [0.4, 0.5) is 0 Å². The van der Waals surface area contributed by atoms with E-state index in [9.17, 15) is 0 Å². The van der Waals surface area contributed by atoms with Crippen LogP contribution in [0, 0.1) is 0 Å². The van der Waals surface area contributed by atoms with E-state index in [1.165, 1.54) is 22.3 Å². The number of rotatable bonds is 3. The molecule has 0 atom stereocenters. The van der Waals surface area contributed by atoms with E-state index in [2.05, 4.69) is 62.4 Å². The lowest BCUT2D eigenvalue weighted by molar-refractivity contribution is 1.12. The van der Waals surface area contributed by atoms with Gasteiger partial charge in [-0.25, -0.2) is 0 Å². The summed E-state index contributed by atoms with van der Waals surface area (Å²) in [4.78, 5) is 0. The van der Waals surface area contributed by atoms with Crippen molar-refractivity contribution in [3.63, 3.8) is 0 Å². The number of hydrogen-bond donors (Lipinski definition) is 0. The van der Waals surface area contributed by atoms with Crippen LogP contribution >= 0.6 is 0 Å². The molecule has 0 amide bonds. The molecular formula is C16H18. The van der Waals surface area contributed by atoms with Gasteiger partial charge in [0.15, 0.2) is 0 Å². The molecule has 0 aliphatic rings. The molecular weight excluding hydrogens is 192 g/mol. The smallest absolute Gasteiger partial charge is 0.0149 e. The van der Waals surface area contributed by atoms with E-state index < -0.39 is 0 Å². The van der Waals surface area contributed by atoms with Gasteiger partial charge in [-0.3, -0.25) is 0 Å². The van der Waals surface area contributed by atoms with Crippen LogP contribution in [-0.4, -0.2) is 0 Å². The molecule has 2 aromatic carbocycles. The van der Waals surface area contributed by atoms with Gasteiger partial charge in [-0.05, 0) is 35.1 Å². The third-order valence-electron chi connectivity index (χ3n) is 3.09. The van der Waals surface area contributed by atoms with Crippen LogP contribution in [0.5, 0.6) is 0 Å². The van der Waals surface area contributed by atoms with E-state index in [-0.39, 0.29) is 0 Å². The summed E-state index contributed by atoms with van der Waals surface area (Å²) in [5.74, 6) is 0. The van der Waals surface area contributed by atoms with E-state index in [1.54, 1.807) is 0 Å². The molecule has 0 aliphatic carbocycles. The summed E-state index contributed by atoms with van der Waals surface area (Å²) in [5, 5.41) is 0. The van der Waals surface area contributed by atoms with Gasteiger partial charge in [0.25, 0.3) is 0 Å². The van der Waals surface area contributed by atoms with Crippen molar-refractivity contribution in [2.24, 2.45) is 0 Å². The fraction of sp³-hybridized carbons (Fsp3) is 0.250. The molecule has 0 radical (unpaired) electrons. The first kappa shape index (κ1) is 10.9. The van der Waals surface area contributed by atoms with Crippen molar-refractivity contribution in [1.82, 2.24) is 0 Å². The highest BCUT2D eigenvalue weighted by Crippen LogP contribution is 2.27. The first-order valence-corrected chi connectivity index (χ1v) is 6.03. The van der Waals surface area contributed by atoms with Crippen molar-refractivity contribution in [3.8, 4) is 11.1 Å². The zero-order valence-electron chi connectivity index (χ0n) is 10.0. The number of benzene rings is 2. The molecule has 0 nitrogen and oxygen atoms in total. The van der Waals surface area contributed by atoms with Gasteiger partial charge >= 0.3 is 0 Å². The van der Waals surface area contributed by atoms with Crippen molar-refractivity contribution in [3.05, 3.63) is 59.7 Å². The van der Waals surface area contributed by atoms with Gasteiger partial charge in [0, 0.05) is 0 Å². The molecule has 0 fully saturated rings. The molecule has 0 spiro atoms. The Labute approximate surface area is 97.9 Å². The lowest BCUT2D eigenvalue weighted by Gasteiger charge is -2.11. The maximum atomic E-state index is 2.23. The molecule has 16 heavy (non-hydrogen) atoms. The Morgan fingerprint density at radius 2 is 1.00 bits per heavy atom. The first-order valence-electron chi connectivity index (χ1n) is 6.03. The van der Waals surface area contributed by atoms with Crippen LogP contribution in [0.2, 0.25) is 0 Å². The summed E-state index contributed by atoms with van der Waals surface area (Å²) in [6.07, 6.45) is 2.18. The highest BCUT2D eigenvalue weighted by atomic mass is 14.1. The Bertz CT molecular complexity index is 423. The second-order valence-corrected chi connectivity index (χ2v) is 4.02. The van der Waals surface area contributed by atoms with Gasteiger partial charge in [0.1, 0.15) is 0 Å². The van der Waals surface area contributed by atoms with Crippen LogP contribution < -0.4 is 0 Å². The minimum absolute atomic E-state index is 1.09. The second-order valence-electron chi connectivity index (χ2n) is 4.02. The topological polar surface area (TPSA) is 0 Å². The van der Waals surface area contributed by atoms with Crippen molar-refractivity contribution < 1.29 is 0 Å². The number of hydrogen-bond acceptors (Lipinski definition) is 0. The Hall–Kier alpha value is -1.56. The van der Waals surface area contributed by atoms with Crippen LogP contribution in [0.15, 0.2) is 48.5 Å². The molecule has 0 aromatic heterocycles. The monoisotopic (exact) mass is 210 g/mol. The van der Waals surface area contributed by atoms with E-state index in [0.717, 1.165) is 12.8 Å². The maximum absolute atomic E-state index is 2.23. The summed E-state index contributed by atoms with van der Waals surface area (Å²) < 4.78 is 0. The second kappa shape index (κ2) is 4.98. The van der Waals surface area contributed by atoms with E-state index in [4.69, 9.17) is 0 Å². The lowest BCUT2D eigenvalue weighted by Crippen LogP contribution is -1.91. The highest BCUT2D eigenvalue weighted by molar-refractivity contribution is 5.70. The molecule has 0 unspecified atom stereocenters. The molecule has 0 aliphatic heterocycles. The minimum Gasteiger partial charge on any atom is -0.0620 e. The van der Waals surface area contributed by atoms with Crippen molar-refractivity contribution in [1.29, 1.82) is 0 Å². The Morgan fingerprint density at radius 1 is 0.625 bits per heavy atom. The van der Waals surface area contributed by atoms with Gasteiger partial charge in [-0.15, -0.1) is 0 Å². The van der Waals surface area contributed by atoms with Gasteiger partial charge in [0.05, 0.1) is 0 Å². The van der Waals surface area contributed by atoms with E-state index >= 15 is 0 Å². The molecule has 0 heteroatoms. The quantitative estimate of drug-likeness (QED) is 0.700. The Balaban J connectivity index is 2.58. The summed E-state index contributed by atoms with van der Waals surface area (Å²) >= 11 is 0. The molecule has 0 bridgehead atoms. The third kappa shape index (κ3) is 2.01. The summed E-state index contributed by atoms with van der Waals surface area (Å²) in [6, 6.07) is 17.4. The number of aryl methyl sites for hydroxylation is 2. The molecule has 0 heterocycles. The lowest BCUT2D eigenvalue weighted by atomic mass is 9.93. The summed E-state index contributed by atoms with van der Waals surface area (Å²) in [5.41, 5.74) is 5.65. The van der Waals surface area contributed by atoms with Crippen LogP contribution in [-0.2, 0) is 12.8 Å². The van der Waals surface area contributed by atoms with Gasteiger partial charge in [-0.2, -0.15) is 0 Å². The normalized spacial score (nSPS) is 10.4. The molecule has 0 N–H and O–H groups in total. The average Bonchev–Trinajstić information content (AvgIpc) is 2.38. The van der Waals surface area contributed by atoms with Crippen LogP contribution in [0.25, 0.3) is 11.1 Å². The Morgan fingerprint density at radius 3 is 1.38 bits per heavy atom. The Kier molecular flexibility index (Phi) is 3.40. The predicted octanol–water partition coefficient (Wildman–Crippen LogP) is 4.48. The molecule has 82 valence electrons. The molecule has 2 rings (SSSR count). The standard InChI is InChI=1S/C16H18/c1-3-13-9-5-7-11-15(13)16-12-8-6-10-14(16)4-2/h5-12H,3-4H2,1-2H3. The van der Waals surface area contributed by atoms with Crippen molar-refractivity contribution in [2.45, 2.75) is 26.7 Å². The van der Waals surface area contributed by atoms with Crippen molar-refractivity contribution >= 4 is 0 Å². The predicted molar refractivity (Wildman–Crippen MR) is 70.6 cm³/mol. The first-order chi connectivity index (χ1) is 7.86. The zero-order chi connectivity index (χ0) is 11.4. The van der Waals surface area contributed by atoms with Crippen molar-refractivity contribution in [2.75, 3.05) is 0 Å². The van der Waals surface area contributed by atoms with Gasteiger partial charge in [0.2, 0.25) is 0 Å². The average molecular weight is 210 g/mol. The largest absolute Gasteiger partial charge is 0.0620 e. The SMILES string of the molecule is CCc1ccccc1-c1ccccc1CC. The fourth-order valence-corrected chi connectivity index (χ4v) is 2.18. The highest BCUT2D eigenvalue weighted by Gasteiger charge is 2.05. The summed E-state index contributed by atoms with van der Waals surface area (Å²) in [7, 11) is 0. The van der Waals surface area contributed by atoms with E-state index in [1.807, 2.05) is 0 Å². The van der Waals surface area contributed by atoms with Crippen LogP contribution in [0.3, 0.4) is 0 Å². The minimum atomic E-state index is 1.09. The van der Waals surface area contributed by atoms with Gasteiger partial charge < -0.3 is 0 Å². The summed E-state index contributed by atoms with van der Waals surface area (Å²) in [6.45, 7) is 4.43. The fourth-order valence-electron chi connectivity index (χ4n) is 2.18. The maximum Gasteiger partial charge on any atom is -0.0149 e. The van der Waals surface area contributed by atoms with Gasteiger partial charge in [-0.1, -0.05) is 62.4 Å². The van der Waals surface area contributed by atoms with E-state index in [0.29, 0.717) is 0 Å². The molecule has 0 saturated carbocycles. The third-order valence-corrected chi connectivity index (χ3v) is 3.09. The van der Waals surface area contributed by atoms with Crippen LogP contribution in [0.1, 0.15) is 25.0 Å². The molecule has 2 aromatic rings.